The van der Waals surface area contributed by atoms with Crippen molar-refractivity contribution in [1.82, 2.24) is 0 Å². The lowest BCUT2D eigenvalue weighted by atomic mass is 10.0. The number of benzene rings is 2. The maximum absolute atomic E-state index is 11.6. The Labute approximate surface area is 329 Å². The summed E-state index contributed by atoms with van der Waals surface area (Å²) < 4.78 is 18.3. The average molecular weight is 753 g/mol. The molecule has 0 bridgehead atoms. The average Bonchev–Trinajstić information content (AvgIpc) is 3.16. The van der Waals surface area contributed by atoms with Gasteiger partial charge in [-0.05, 0) is 48.7 Å². The molecule has 7 nitrogen and oxygen atoms in total. The largest absolute Gasteiger partial charge is 0.493 e. The molecule has 2 N–H and O–H groups in total. The summed E-state index contributed by atoms with van der Waals surface area (Å²) in [6.45, 7) is 5.92. The van der Waals surface area contributed by atoms with Crippen molar-refractivity contribution in [2.75, 3.05) is 13.2 Å². The van der Waals surface area contributed by atoms with Gasteiger partial charge < -0.3 is 24.4 Å². The number of hydrogen-bond donors (Lipinski definition) is 2. The number of carboxylic acids is 2. The van der Waals surface area contributed by atoms with Crippen molar-refractivity contribution in [2.45, 2.75) is 200 Å². The van der Waals surface area contributed by atoms with Crippen LogP contribution in [0.3, 0.4) is 0 Å². The molecule has 0 radical (unpaired) electrons. The molecule has 0 unspecified atom stereocenters. The Bertz CT molecular complexity index is 1160. The quantitative estimate of drug-likeness (QED) is 0.0662. The Hall–Kier alpha value is -3.22. The van der Waals surface area contributed by atoms with Gasteiger partial charge in [-0.2, -0.15) is 0 Å². The fourth-order valence-corrected chi connectivity index (χ4v) is 6.95. The minimum atomic E-state index is -1.21. The fraction of sp³-hybridized carbons (Fsp3) is 0.702. The number of hydrogen-bond acceptors (Lipinski definition) is 5. The first-order valence-electron chi connectivity index (χ1n) is 22.1. The van der Waals surface area contributed by atoms with E-state index in [0.717, 1.165) is 37.3 Å². The lowest BCUT2D eigenvalue weighted by molar-refractivity contribution is 0.0696. The van der Waals surface area contributed by atoms with E-state index in [1.165, 1.54) is 166 Å². The van der Waals surface area contributed by atoms with Crippen molar-refractivity contribution in [3.63, 3.8) is 0 Å². The van der Waals surface area contributed by atoms with Crippen LogP contribution in [0, 0.1) is 0 Å². The minimum Gasteiger partial charge on any atom is -0.493 e. The summed E-state index contributed by atoms with van der Waals surface area (Å²) >= 11 is 0. The first kappa shape index (κ1) is 46.9. The SMILES string of the molecule is CCCCCCCCCCCCCCCCOc1cc(COc2cc(C(=O)O)cc(C(=O)O)c2)cc(OCCCCCCCCCCCCCCCC)c1. The molecule has 0 aliphatic heterocycles. The Morgan fingerprint density at radius 1 is 0.389 bits per heavy atom. The molecule has 0 spiro atoms. The number of carbonyl (C=O) groups is 2. The fourth-order valence-electron chi connectivity index (χ4n) is 6.95. The zero-order valence-corrected chi connectivity index (χ0v) is 34.3. The van der Waals surface area contributed by atoms with Crippen LogP contribution < -0.4 is 14.2 Å². The molecule has 0 fully saturated rings. The number of unbranched alkanes of at least 4 members (excludes halogenated alkanes) is 26. The summed E-state index contributed by atoms with van der Waals surface area (Å²) in [6.07, 6.45) is 36.7. The number of rotatable bonds is 37. The van der Waals surface area contributed by atoms with E-state index >= 15 is 0 Å². The van der Waals surface area contributed by atoms with E-state index in [2.05, 4.69) is 13.8 Å². The van der Waals surface area contributed by atoms with Crippen LogP contribution in [-0.4, -0.2) is 35.4 Å². The molecule has 54 heavy (non-hydrogen) atoms. The van der Waals surface area contributed by atoms with Crippen LogP contribution in [0.25, 0.3) is 0 Å². The van der Waals surface area contributed by atoms with Crippen molar-refractivity contribution >= 4 is 11.9 Å². The summed E-state index contributed by atoms with van der Waals surface area (Å²) in [6, 6.07) is 9.59. The number of ether oxygens (including phenoxy) is 3. The molecule has 2 rings (SSSR count). The highest BCUT2D eigenvalue weighted by molar-refractivity contribution is 5.94. The molecule has 2 aromatic rings. The van der Waals surface area contributed by atoms with E-state index in [-0.39, 0.29) is 23.5 Å². The zero-order valence-electron chi connectivity index (χ0n) is 34.3. The highest BCUT2D eigenvalue weighted by Gasteiger charge is 2.13. The van der Waals surface area contributed by atoms with Crippen LogP contribution in [0.4, 0.5) is 0 Å². The van der Waals surface area contributed by atoms with Gasteiger partial charge >= 0.3 is 11.9 Å². The van der Waals surface area contributed by atoms with Crippen LogP contribution in [0.2, 0.25) is 0 Å². The second-order valence-electron chi connectivity index (χ2n) is 15.3. The van der Waals surface area contributed by atoms with Gasteiger partial charge in [0.2, 0.25) is 0 Å². The molecule has 0 saturated carbocycles. The van der Waals surface area contributed by atoms with Gasteiger partial charge in [-0.1, -0.05) is 181 Å². The third kappa shape index (κ3) is 24.2. The normalized spacial score (nSPS) is 11.1. The molecule has 0 heterocycles. The predicted molar refractivity (Wildman–Crippen MR) is 223 cm³/mol. The molecule has 0 aromatic heterocycles. The molecule has 0 amide bonds. The predicted octanol–water partition coefficient (Wildman–Crippen LogP) is 14.4. The van der Waals surface area contributed by atoms with Crippen LogP contribution in [-0.2, 0) is 6.61 Å². The molecule has 7 heteroatoms. The summed E-state index contributed by atoms with van der Waals surface area (Å²) in [4.78, 5) is 23.1. The van der Waals surface area contributed by atoms with E-state index in [1.54, 1.807) is 0 Å². The Morgan fingerprint density at radius 3 is 1.00 bits per heavy atom. The smallest absolute Gasteiger partial charge is 0.335 e. The van der Waals surface area contributed by atoms with Crippen LogP contribution in [0.5, 0.6) is 17.2 Å². The van der Waals surface area contributed by atoms with Crippen molar-refractivity contribution in [2.24, 2.45) is 0 Å². The first-order chi connectivity index (χ1) is 26.4. The summed E-state index contributed by atoms with van der Waals surface area (Å²) in [5.74, 6) is -0.799. The number of carboxylic acid groups (broad SMARTS) is 2. The molecule has 0 aliphatic rings. The van der Waals surface area contributed by atoms with E-state index in [1.807, 2.05) is 18.2 Å². The van der Waals surface area contributed by atoms with Crippen molar-refractivity contribution in [1.29, 1.82) is 0 Å². The summed E-state index contributed by atoms with van der Waals surface area (Å²) in [5.41, 5.74) is 0.543. The molecule has 0 aliphatic carbocycles. The second kappa shape index (κ2) is 32.1. The van der Waals surface area contributed by atoms with Crippen LogP contribution in [0.15, 0.2) is 36.4 Å². The third-order valence-electron chi connectivity index (χ3n) is 10.3. The van der Waals surface area contributed by atoms with E-state index in [4.69, 9.17) is 14.2 Å². The zero-order chi connectivity index (χ0) is 38.9. The molecular formula is C47H76O7. The Morgan fingerprint density at radius 2 is 0.685 bits per heavy atom. The molecular weight excluding hydrogens is 677 g/mol. The molecule has 0 atom stereocenters. The topological polar surface area (TPSA) is 102 Å². The molecule has 2 aromatic carbocycles. The van der Waals surface area contributed by atoms with Gasteiger partial charge in [0.25, 0.3) is 0 Å². The van der Waals surface area contributed by atoms with Gasteiger partial charge in [0.1, 0.15) is 23.9 Å². The molecule has 306 valence electrons. The van der Waals surface area contributed by atoms with E-state index < -0.39 is 11.9 Å². The lowest BCUT2D eigenvalue weighted by Gasteiger charge is -2.14. The van der Waals surface area contributed by atoms with Gasteiger partial charge in [-0.3, -0.25) is 0 Å². The second-order valence-corrected chi connectivity index (χ2v) is 15.3. The van der Waals surface area contributed by atoms with Gasteiger partial charge in [0, 0.05) is 6.07 Å². The van der Waals surface area contributed by atoms with Gasteiger partial charge in [-0.25, -0.2) is 9.59 Å². The highest BCUT2D eigenvalue weighted by Crippen LogP contribution is 2.26. The third-order valence-corrected chi connectivity index (χ3v) is 10.3. The lowest BCUT2D eigenvalue weighted by Crippen LogP contribution is -2.05. The Balaban J connectivity index is 1.76. The Kier molecular flexibility index (Phi) is 27.9. The van der Waals surface area contributed by atoms with Crippen LogP contribution >= 0.6 is 0 Å². The van der Waals surface area contributed by atoms with Crippen molar-refractivity contribution in [3.05, 3.63) is 53.1 Å². The minimum absolute atomic E-state index is 0.118. The molecule has 0 saturated heterocycles. The van der Waals surface area contributed by atoms with E-state index in [0.29, 0.717) is 24.7 Å². The first-order valence-corrected chi connectivity index (χ1v) is 22.1. The summed E-state index contributed by atoms with van der Waals surface area (Å²) in [7, 11) is 0. The monoisotopic (exact) mass is 753 g/mol. The van der Waals surface area contributed by atoms with Crippen molar-refractivity contribution in [3.8, 4) is 17.2 Å². The number of aromatic carboxylic acids is 2. The van der Waals surface area contributed by atoms with E-state index in [9.17, 15) is 19.8 Å². The highest BCUT2D eigenvalue weighted by atomic mass is 16.5. The van der Waals surface area contributed by atoms with Crippen molar-refractivity contribution < 1.29 is 34.0 Å². The van der Waals surface area contributed by atoms with Crippen LogP contribution in [0.1, 0.15) is 220 Å². The standard InChI is InChI=1S/C47H76O7/c1-3-5-7-9-11-13-15-17-19-21-23-25-27-29-31-52-43-33-40(39-54-45-36-41(46(48)49)35-42(37-45)47(50)51)34-44(38-43)53-32-30-28-26-24-22-20-18-16-14-12-10-8-6-4-2/h33-38H,3-32,39H2,1-2H3,(H,48,49)(H,50,51). The maximum atomic E-state index is 11.6. The summed E-state index contributed by atoms with van der Waals surface area (Å²) in [5, 5.41) is 18.9. The van der Waals surface area contributed by atoms with Gasteiger partial charge in [-0.15, -0.1) is 0 Å². The van der Waals surface area contributed by atoms with Gasteiger partial charge in [0.05, 0.1) is 24.3 Å². The van der Waals surface area contributed by atoms with Gasteiger partial charge in [0.15, 0.2) is 0 Å². The maximum Gasteiger partial charge on any atom is 0.335 e.